The first-order valence-corrected chi connectivity index (χ1v) is 7.58. The lowest BCUT2D eigenvalue weighted by molar-refractivity contribution is -0.122. The Morgan fingerprint density at radius 3 is 2.38 bits per heavy atom. The Morgan fingerprint density at radius 1 is 1.19 bits per heavy atom. The highest BCUT2D eigenvalue weighted by molar-refractivity contribution is 6.30. The SMILES string of the molecule is CC(C)NC(=O)C[C@@H](Cn1cccc1)c1ccc(Cl)cc1. The minimum Gasteiger partial charge on any atom is -0.354 e. The molecule has 1 heterocycles. The average Bonchev–Trinajstić information content (AvgIpc) is 2.91. The molecule has 0 unspecified atom stereocenters. The second kappa shape index (κ2) is 7.32. The van der Waals surface area contributed by atoms with E-state index in [0.29, 0.717) is 11.4 Å². The van der Waals surface area contributed by atoms with Gasteiger partial charge < -0.3 is 9.88 Å². The number of aromatic nitrogens is 1. The summed E-state index contributed by atoms with van der Waals surface area (Å²) in [6.07, 6.45) is 4.50. The largest absolute Gasteiger partial charge is 0.354 e. The molecule has 2 rings (SSSR count). The molecule has 1 aromatic carbocycles. The van der Waals surface area contributed by atoms with E-state index < -0.39 is 0 Å². The van der Waals surface area contributed by atoms with Crippen LogP contribution in [0.2, 0.25) is 5.02 Å². The summed E-state index contributed by atoms with van der Waals surface area (Å²) in [5.74, 6) is 0.213. The summed E-state index contributed by atoms with van der Waals surface area (Å²) in [4.78, 5) is 12.1. The molecule has 1 amide bonds. The van der Waals surface area contributed by atoms with Gasteiger partial charge in [0.1, 0.15) is 0 Å². The van der Waals surface area contributed by atoms with E-state index >= 15 is 0 Å². The normalized spacial score (nSPS) is 12.4. The first-order valence-electron chi connectivity index (χ1n) is 7.20. The fourth-order valence-corrected chi connectivity index (χ4v) is 2.50. The third-order valence-electron chi connectivity index (χ3n) is 3.32. The molecule has 0 aliphatic heterocycles. The van der Waals surface area contributed by atoms with Gasteiger partial charge in [0, 0.05) is 42.3 Å². The maximum absolute atomic E-state index is 12.1. The van der Waals surface area contributed by atoms with Gasteiger partial charge in [-0.15, -0.1) is 0 Å². The zero-order chi connectivity index (χ0) is 15.2. The van der Waals surface area contributed by atoms with Crippen LogP contribution in [0.1, 0.15) is 31.7 Å². The zero-order valence-corrected chi connectivity index (χ0v) is 13.2. The van der Waals surface area contributed by atoms with Gasteiger partial charge >= 0.3 is 0 Å². The first kappa shape index (κ1) is 15.6. The van der Waals surface area contributed by atoms with E-state index in [2.05, 4.69) is 9.88 Å². The van der Waals surface area contributed by atoms with Gasteiger partial charge in [-0.3, -0.25) is 4.79 Å². The smallest absolute Gasteiger partial charge is 0.220 e. The average molecular weight is 305 g/mol. The van der Waals surface area contributed by atoms with Crippen LogP contribution in [-0.2, 0) is 11.3 Å². The van der Waals surface area contributed by atoms with Crippen molar-refractivity contribution in [2.24, 2.45) is 0 Å². The number of benzene rings is 1. The van der Waals surface area contributed by atoms with Crippen molar-refractivity contribution in [3.8, 4) is 0 Å². The summed E-state index contributed by atoms with van der Waals surface area (Å²) in [7, 11) is 0. The molecule has 0 saturated carbocycles. The number of carbonyl (C=O) groups excluding carboxylic acids is 1. The van der Waals surface area contributed by atoms with E-state index in [4.69, 9.17) is 11.6 Å². The molecule has 1 aromatic heterocycles. The Kier molecular flexibility index (Phi) is 5.45. The van der Waals surface area contributed by atoms with Crippen LogP contribution in [-0.4, -0.2) is 16.5 Å². The van der Waals surface area contributed by atoms with Crippen LogP contribution in [0.5, 0.6) is 0 Å². The summed E-state index contributed by atoms with van der Waals surface area (Å²) in [6, 6.07) is 11.9. The van der Waals surface area contributed by atoms with Crippen LogP contribution < -0.4 is 5.32 Å². The van der Waals surface area contributed by atoms with Gasteiger partial charge in [-0.1, -0.05) is 23.7 Å². The van der Waals surface area contributed by atoms with E-state index in [0.717, 1.165) is 12.1 Å². The van der Waals surface area contributed by atoms with Crippen LogP contribution in [0.15, 0.2) is 48.8 Å². The molecule has 112 valence electrons. The number of carbonyl (C=O) groups is 1. The van der Waals surface area contributed by atoms with Gasteiger partial charge in [-0.2, -0.15) is 0 Å². The third-order valence-corrected chi connectivity index (χ3v) is 3.57. The lowest BCUT2D eigenvalue weighted by Crippen LogP contribution is -2.31. The van der Waals surface area contributed by atoms with E-state index in [1.165, 1.54) is 0 Å². The second-order valence-corrected chi connectivity index (χ2v) is 5.99. The van der Waals surface area contributed by atoms with Crippen molar-refractivity contribution in [3.05, 3.63) is 59.4 Å². The number of amides is 1. The molecule has 0 saturated heterocycles. The standard InChI is InChI=1S/C17H21ClN2O/c1-13(2)19-17(21)11-15(12-20-9-3-4-10-20)14-5-7-16(18)8-6-14/h3-10,13,15H,11-12H2,1-2H3,(H,19,21)/t15-/m0/s1. The molecule has 0 spiro atoms. The first-order chi connectivity index (χ1) is 10.0. The number of nitrogens with one attached hydrogen (secondary N) is 1. The predicted octanol–water partition coefficient (Wildman–Crippen LogP) is 3.84. The summed E-state index contributed by atoms with van der Waals surface area (Å²) < 4.78 is 2.10. The highest BCUT2D eigenvalue weighted by atomic mass is 35.5. The highest BCUT2D eigenvalue weighted by Crippen LogP contribution is 2.24. The molecule has 0 aliphatic rings. The Hall–Kier alpha value is -1.74. The van der Waals surface area contributed by atoms with Gasteiger partial charge in [0.15, 0.2) is 0 Å². The Morgan fingerprint density at radius 2 is 1.81 bits per heavy atom. The maximum Gasteiger partial charge on any atom is 0.220 e. The zero-order valence-electron chi connectivity index (χ0n) is 12.4. The Bertz CT molecular complexity index is 561. The summed E-state index contributed by atoms with van der Waals surface area (Å²) in [5, 5.41) is 3.67. The summed E-state index contributed by atoms with van der Waals surface area (Å²) >= 11 is 5.95. The van der Waals surface area contributed by atoms with Crippen molar-refractivity contribution in [1.29, 1.82) is 0 Å². The van der Waals surface area contributed by atoms with Crippen molar-refractivity contribution in [1.82, 2.24) is 9.88 Å². The number of rotatable bonds is 6. The minimum atomic E-state index is 0.0807. The monoisotopic (exact) mass is 304 g/mol. The number of halogens is 1. The van der Waals surface area contributed by atoms with Crippen LogP contribution >= 0.6 is 11.6 Å². The molecule has 0 fully saturated rings. The Labute approximate surface area is 130 Å². The van der Waals surface area contributed by atoms with Crippen molar-refractivity contribution >= 4 is 17.5 Å². The number of hydrogen-bond donors (Lipinski definition) is 1. The van der Waals surface area contributed by atoms with Crippen molar-refractivity contribution < 1.29 is 4.79 Å². The lowest BCUT2D eigenvalue weighted by Gasteiger charge is -2.19. The number of nitrogens with zero attached hydrogens (tertiary/aromatic N) is 1. The maximum atomic E-state index is 12.1. The lowest BCUT2D eigenvalue weighted by atomic mass is 9.95. The Balaban J connectivity index is 2.13. The second-order valence-electron chi connectivity index (χ2n) is 5.55. The molecule has 0 bridgehead atoms. The van der Waals surface area contributed by atoms with E-state index in [1.54, 1.807) is 0 Å². The van der Waals surface area contributed by atoms with Crippen molar-refractivity contribution in [3.63, 3.8) is 0 Å². The van der Waals surface area contributed by atoms with E-state index in [-0.39, 0.29) is 17.9 Å². The van der Waals surface area contributed by atoms with E-state index in [9.17, 15) is 4.79 Å². The molecule has 2 aromatic rings. The molecule has 1 atom stereocenters. The predicted molar refractivity (Wildman–Crippen MR) is 86.5 cm³/mol. The summed E-state index contributed by atoms with van der Waals surface area (Å²) in [6.45, 7) is 4.72. The topological polar surface area (TPSA) is 34.0 Å². The molecule has 0 aliphatic carbocycles. The third kappa shape index (κ3) is 4.94. The fourth-order valence-electron chi connectivity index (χ4n) is 2.37. The molecule has 3 nitrogen and oxygen atoms in total. The van der Waals surface area contributed by atoms with E-state index in [1.807, 2.05) is 62.6 Å². The van der Waals surface area contributed by atoms with Gasteiger partial charge in [0.25, 0.3) is 0 Å². The fraction of sp³-hybridized carbons (Fsp3) is 0.353. The van der Waals surface area contributed by atoms with Crippen LogP contribution in [0.3, 0.4) is 0 Å². The molecule has 0 radical (unpaired) electrons. The molecule has 1 N–H and O–H groups in total. The number of hydrogen-bond acceptors (Lipinski definition) is 1. The van der Waals surface area contributed by atoms with Gasteiger partial charge in [-0.25, -0.2) is 0 Å². The van der Waals surface area contributed by atoms with Gasteiger partial charge in [0.2, 0.25) is 5.91 Å². The van der Waals surface area contributed by atoms with Crippen molar-refractivity contribution in [2.45, 2.75) is 38.8 Å². The highest BCUT2D eigenvalue weighted by Gasteiger charge is 2.17. The quantitative estimate of drug-likeness (QED) is 0.864. The minimum absolute atomic E-state index is 0.0807. The molecular weight excluding hydrogens is 284 g/mol. The molecule has 21 heavy (non-hydrogen) atoms. The summed E-state index contributed by atoms with van der Waals surface area (Å²) in [5.41, 5.74) is 1.13. The van der Waals surface area contributed by atoms with Crippen LogP contribution in [0.4, 0.5) is 0 Å². The van der Waals surface area contributed by atoms with Crippen LogP contribution in [0, 0.1) is 0 Å². The van der Waals surface area contributed by atoms with Crippen LogP contribution in [0.25, 0.3) is 0 Å². The molecular formula is C17H21ClN2O. The van der Waals surface area contributed by atoms with Gasteiger partial charge in [0.05, 0.1) is 0 Å². The van der Waals surface area contributed by atoms with Gasteiger partial charge in [-0.05, 0) is 43.7 Å². The van der Waals surface area contributed by atoms with Crippen molar-refractivity contribution in [2.75, 3.05) is 0 Å². The molecule has 4 heteroatoms.